The van der Waals surface area contributed by atoms with E-state index in [2.05, 4.69) is 58.9 Å². The van der Waals surface area contributed by atoms with Crippen LogP contribution in [-0.4, -0.2) is 96.7 Å². The van der Waals surface area contributed by atoms with Crippen molar-refractivity contribution in [2.24, 2.45) is 5.92 Å². The van der Waals surface area contributed by atoms with Crippen LogP contribution in [0.25, 0.3) is 0 Å². The normalized spacial score (nSPS) is 14.1. The molecular weight excluding hydrogens is 1280 g/mol. The Balaban J connectivity index is 5.20. The summed E-state index contributed by atoms with van der Waals surface area (Å²) in [6.45, 7) is 7.21. The number of phosphoric ester groups is 2. The minimum Gasteiger partial charge on any atom is -0.462 e. The van der Waals surface area contributed by atoms with Crippen LogP contribution < -0.4 is 0 Å². The molecule has 0 saturated heterocycles. The Morgan fingerprint density at radius 2 is 0.551 bits per heavy atom. The first kappa shape index (κ1) is 95.5. The first-order valence-corrected chi connectivity index (χ1v) is 43.4. The molecule has 0 radical (unpaired) electrons. The molecule has 0 heterocycles. The lowest BCUT2D eigenvalue weighted by Crippen LogP contribution is -2.30. The first-order chi connectivity index (χ1) is 47.5. The summed E-state index contributed by atoms with van der Waals surface area (Å²) in [5.74, 6) is -1.37. The van der Waals surface area contributed by atoms with Gasteiger partial charge in [-0.05, 0) is 57.3 Å². The van der Waals surface area contributed by atoms with Gasteiger partial charge in [-0.2, -0.15) is 0 Å². The third kappa shape index (κ3) is 71.9. The second-order valence-corrected chi connectivity index (χ2v) is 31.2. The van der Waals surface area contributed by atoms with Crippen LogP contribution in [0.2, 0.25) is 0 Å². The van der Waals surface area contributed by atoms with E-state index in [1.807, 2.05) is 0 Å². The molecule has 0 aliphatic carbocycles. The fourth-order valence-electron chi connectivity index (χ4n) is 11.7. The van der Waals surface area contributed by atoms with Gasteiger partial charge in [0.05, 0.1) is 26.4 Å². The number of esters is 4. The van der Waals surface area contributed by atoms with Gasteiger partial charge in [0.1, 0.15) is 19.3 Å². The molecular formula is C79H150O17P2. The smallest absolute Gasteiger partial charge is 0.462 e. The van der Waals surface area contributed by atoms with Gasteiger partial charge in [-0.3, -0.25) is 37.3 Å². The van der Waals surface area contributed by atoms with Gasteiger partial charge < -0.3 is 33.8 Å². The lowest BCUT2D eigenvalue weighted by molar-refractivity contribution is -0.161. The van der Waals surface area contributed by atoms with Crippen LogP contribution in [0.15, 0.2) is 24.3 Å². The zero-order valence-corrected chi connectivity index (χ0v) is 65.2. The van der Waals surface area contributed by atoms with Crippen LogP contribution in [0.5, 0.6) is 0 Å². The second kappa shape index (κ2) is 71.5. The van der Waals surface area contributed by atoms with E-state index in [1.54, 1.807) is 0 Å². The van der Waals surface area contributed by atoms with Crippen molar-refractivity contribution in [1.82, 2.24) is 0 Å². The molecule has 98 heavy (non-hydrogen) atoms. The van der Waals surface area contributed by atoms with Gasteiger partial charge in [0.2, 0.25) is 0 Å². The SMILES string of the molecule is CCCCCC/C=C\C=C/CCCCCCCC(=O)OC[C@H](COP(=O)(O)OC[C@@H](O)COP(=O)(O)OC[C@@H](COC(=O)CCCCCCCCC)OC(=O)CCCCCCCCCCCCCCC(C)C)OC(=O)CCCCCCCCCCCCCCCCCCCCCCC. The number of hydrogen-bond acceptors (Lipinski definition) is 15. The number of rotatable bonds is 77. The summed E-state index contributed by atoms with van der Waals surface area (Å²) in [5.41, 5.74) is 0. The van der Waals surface area contributed by atoms with Gasteiger partial charge in [-0.1, -0.05) is 341 Å². The topological polar surface area (TPSA) is 237 Å². The number of aliphatic hydroxyl groups excluding tert-OH is 1. The molecule has 0 aliphatic heterocycles. The van der Waals surface area contributed by atoms with Crippen LogP contribution in [0, 0.1) is 5.92 Å². The summed E-state index contributed by atoms with van der Waals surface area (Å²) >= 11 is 0. The average Bonchev–Trinajstić information content (AvgIpc) is 1.15. The van der Waals surface area contributed by atoms with Crippen molar-refractivity contribution in [3.63, 3.8) is 0 Å². The predicted molar refractivity (Wildman–Crippen MR) is 400 cm³/mol. The minimum atomic E-state index is -4.97. The number of hydrogen-bond donors (Lipinski definition) is 3. The molecule has 0 saturated carbocycles. The summed E-state index contributed by atoms with van der Waals surface area (Å²) in [4.78, 5) is 72.8. The highest BCUT2D eigenvalue weighted by Gasteiger charge is 2.30. The fraction of sp³-hybridized carbons (Fsp3) is 0.899. The van der Waals surface area contributed by atoms with E-state index < -0.39 is 97.5 Å². The molecule has 3 N–H and O–H groups in total. The Bertz CT molecular complexity index is 1970. The van der Waals surface area contributed by atoms with E-state index in [0.29, 0.717) is 25.7 Å². The van der Waals surface area contributed by atoms with Crippen molar-refractivity contribution in [3.05, 3.63) is 24.3 Å². The van der Waals surface area contributed by atoms with Crippen LogP contribution in [0.1, 0.15) is 394 Å². The number of phosphoric acid groups is 2. The van der Waals surface area contributed by atoms with E-state index in [4.69, 9.17) is 37.0 Å². The number of carbonyl (C=O) groups is 4. The lowest BCUT2D eigenvalue weighted by Gasteiger charge is -2.21. The standard InChI is InChI=1S/C79H150O17P2/c1-6-9-12-15-18-20-22-24-26-27-28-29-30-31-33-35-40-44-49-54-59-64-79(84)96-75(69-90-77(82)63-58-53-48-43-39-34-32-25-23-21-19-16-13-10-7-2)71-94-98(87,88)92-67-73(80)66-91-97(85,86)93-70-74(68-89-76(81)62-57-52-46-17-14-11-8-3)95-78(83)65-60-55-50-45-41-37-36-38-42-47-51-56-61-72(4)5/h21,23,25,32,72-75,80H,6-20,22,24,26-31,33-71H2,1-5H3,(H,85,86)(H,87,88)/b23-21-,32-25-/t73-,74+,75+/m0/s1. The summed E-state index contributed by atoms with van der Waals surface area (Å²) in [6, 6.07) is 0. The summed E-state index contributed by atoms with van der Waals surface area (Å²) in [5, 5.41) is 10.6. The van der Waals surface area contributed by atoms with E-state index in [0.717, 1.165) is 128 Å². The van der Waals surface area contributed by atoms with Gasteiger partial charge in [0.25, 0.3) is 0 Å². The van der Waals surface area contributed by atoms with Gasteiger partial charge in [0, 0.05) is 25.7 Å². The van der Waals surface area contributed by atoms with E-state index in [9.17, 15) is 43.2 Å². The fourth-order valence-corrected chi connectivity index (χ4v) is 13.3. The molecule has 5 atom stereocenters. The Morgan fingerprint density at radius 1 is 0.316 bits per heavy atom. The predicted octanol–water partition coefficient (Wildman–Crippen LogP) is 23.2. The maximum Gasteiger partial charge on any atom is 0.472 e. The minimum absolute atomic E-state index is 0.102. The number of aliphatic hydroxyl groups is 1. The highest BCUT2D eigenvalue weighted by Crippen LogP contribution is 2.45. The summed E-state index contributed by atoms with van der Waals surface area (Å²) in [7, 11) is -9.92. The van der Waals surface area contributed by atoms with Gasteiger partial charge in [-0.25, -0.2) is 9.13 Å². The van der Waals surface area contributed by atoms with Crippen LogP contribution in [-0.2, 0) is 65.4 Å². The highest BCUT2D eigenvalue weighted by molar-refractivity contribution is 7.47. The van der Waals surface area contributed by atoms with Crippen LogP contribution >= 0.6 is 15.6 Å². The van der Waals surface area contributed by atoms with Gasteiger partial charge >= 0.3 is 39.5 Å². The van der Waals surface area contributed by atoms with Crippen molar-refractivity contribution in [3.8, 4) is 0 Å². The maximum atomic E-state index is 13.1. The van der Waals surface area contributed by atoms with E-state index in [-0.39, 0.29) is 25.7 Å². The highest BCUT2D eigenvalue weighted by atomic mass is 31.2. The molecule has 0 aliphatic rings. The molecule has 2 unspecified atom stereocenters. The number of carbonyl (C=O) groups excluding carboxylic acids is 4. The molecule has 0 rings (SSSR count). The van der Waals surface area contributed by atoms with Crippen molar-refractivity contribution >= 4 is 39.5 Å². The number of unbranched alkanes of at least 4 members (excludes halogenated alkanes) is 46. The Morgan fingerprint density at radius 3 is 0.837 bits per heavy atom. The van der Waals surface area contributed by atoms with Crippen LogP contribution in [0.4, 0.5) is 0 Å². The Kier molecular flexibility index (Phi) is 69.7. The Hall–Kier alpha value is -2.46. The first-order valence-electron chi connectivity index (χ1n) is 40.5. The molecule has 0 aromatic rings. The molecule has 0 aromatic carbocycles. The van der Waals surface area contributed by atoms with Crippen molar-refractivity contribution in [2.75, 3.05) is 39.6 Å². The number of ether oxygens (including phenoxy) is 4. The lowest BCUT2D eigenvalue weighted by atomic mass is 10.0. The zero-order valence-electron chi connectivity index (χ0n) is 63.4. The van der Waals surface area contributed by atoms with Gasteiger partial charge in [-0.15, -0.1) is 0 Å². The number of allylic oxidation sites excluding steroid dienone is 4. The zero-order chi connectivity index (χ0) is 71.9. The molecule has 578 valence electrons. The maximum absolute atomic E-state index is 13.1. The molecule has 0 fully saturated rings. The molecule has 0 amide bonds. The largest absolute Gasteiger partial charge is 0.472 e. The molecule has 0 bridgehead atoms. The molecule has 19 heteroatoms. The van der Waals surface area contributed by atoms with Gasteiger partial charge in [0.15, 0.2) is 12.2 Å². The molecule has 17 nitrogen and oxygen atoms in total. The third-order valence-corrected chi connectivity index (χ3v) is 19.8. The molecule has 0 spiro atoms. The quantitative estimate of drug-likeness (QED) is 0.0169. The van der Waals surface area contributed by atoms with Crippen molar-refractivity contribution in [1.29, 1.82) is 0 Å². The molecule has 0 aromatic heterocycles. The second-order valence-electron chi connectivity index (χ2n) is 28.2. The average molecular weight is 1430 g/mol. The Labute approximate surface area is 599 Å². The monoisotopic (exact) mass is 1430 g/mol. The summed E-state index contributed by atoms with van der Waals surface area (Å²) in [6.07, 6.45) is 64.9. The van der Waals surface area contributed by atoms with E-state index >= 15 is 0 Å². The van der Waals surface area contributed by atoms with Crippen molar-refractivity contribution < 1.29 is 80.2 Å². The third-order valence-electron chi connectivity index (χ3n) is 17.9. The van der Waals surface area contributed by atoms with Crippen LogP contribution in [0.3, 0.4) is 0 Å². The summed E-state index contributed by atoms with van der Waals surface area (Å²) < 4.78 is 68.5. The van der Waals surface area contributed by atoms with Crippen molar-refractivity contribution in [2.45, 2.75) is 412 Å². The van der Waals surface area contributed by atoms with E-state index in [1.165, 1.54) is 186 Å².